The van der Waals surface area contributed by atoms with Crippen LogP contribution in [-0.2, 0) is 15.3 Å². The summed E-state index contributed by atoms with van der Waals surface area (Å²) in [5.41, 5.74) is -6.73. The zero-order valence-corrected chi connectivity index (χ0v) is 17.4. The minimum atomic E-state index is -5.78. The van der Waals surface area contributed by atoms with Crippen molar-refractivity contribution in [3.8, 4) is 5.75 Å². The lowest BCUT2D eigenvalue weighted by Crippen LogP contribution is -2.58. The van der Waals surface area contributed by atoms with E-state index >= 15 is 0 Å². The number of halogens is 3. The normalized spacial score (nSPS) is 21.5. The van der Waals surface area contributed by atoms with Gasteiger partial charge in [0, 0.05) is 24.4 Å². The molecule has 2 aromatic rings. The molecule has 2 aromatic carbocycles. The number of rotatable bonds is 2. The number of nitro benzene ring substituents is 1. The van der Waals surface area contributed by atoms with Crippen LogP contribution in [0.15, 0.2) is 47.4 Å². The van der Waals surface area contributed by atoms with Gasteiger partial charge < -0.3 is 9.64 Å². The van der Waals surface area contributed by atoms with Crippen molar-refractivity contribution in [2.24, 2.45) is 0 Å². The molecular formula is C20H17F3N2O5S. The molecule has 0 radical (unpaired) electrons. The number of fused-ring (bicyclic) bond motifs is 2. The maximum absolute atomic E-state index is 13.0. The smallest absolute Gasteiger partial charge is 0.456 e. The molecule has 7 nitrogen and oxygen atoms in total. The molecular weight excluding hydrogens is 437 g/mol. The molecule has 0 aromatic heterocycles. The lowest BCUT2D eigenvalue weighted by atomic mass is 9.76. The predicted molar refractivity (Wildman–Crippen MR) is 107 cm³/mol. The summed E-state index contributed by atoms with van der Waals surface area (Å²) < 4.78 is 68.9. The summed E-state index contributed by atoms with van der Waals surface area (Å²) in [6.45, 7) is 3.78. The zero-order valence-electron chi connectivity index (χ0n) is 16.6. The van der Waals surface area contributed by atoms with Gasteiger partial charge in [0.15, 0.2) is 0 Å². The number of hydrogen-bond acceptors (Lipinski definition) is 6. The lowest BCUT2D eigenvalue weighted by molar-refractivity contribution is -0.386. The van der Waals surface area contributed by atoms with E-state index in [0.717, 1.165) is 17.3 Å². The fourth-order valence-electron chi connectivity index (χ4n) is 4.26. The molecule has 0 saturated heterocycles. The van der Waals surface area contributed by atoms with E-state index in [1.54, 1.807) is 18.0 Å². The molecule has 1 spiro atoms. The molecule has 2 aliphatic heterocycles. The Morgan fingerprint density at radius 1 is 1.16 bits per heavy atom. The molecule has 1 unspecified atom stereocenters. The molecule has 164 valence electrons. The van der Waals surface area contributed by atoms with Crippen LogP contribution in [0.3, 0.4) is 0 Å². The number of hydrogen-bond donors (Lipinski definition) is 0. The van der Waals surface area contributed by atoms with Gasteiger partial charge in [-0.15, -0.1) is 0 Å². The summed E-state index contributed by atoms with van der Waals surface area (Å²) in [6, 6.07) is 8.59. The molecule has 0 saturated carbocycles. The molecule has 11 heteroatoms. The molecule has 0 N–H and O–H groups in total. The third kappa shape index (κ3) is 2.68. The van der Waals surface area contributed by atoms with Crippen molar-refractivity contribution in [2.75, 3.05) is 11.9 Å². The van der Waals surface area contributed by atoms with Crippen LogP contribution in [0.1, 0.15) is 25.0 Å². The van der Waals surface area contributed by atoms with Crippen LogP contribution in [0.2, 0.25) is 0 Å². The second-order valence-electron chi connectivity index (χ2n) is 7.90. The first-order valence-corrected chi connectivity index (χ1v) is 10.6. The van der Waals surface area contributed by atoms with Crippen molar-refractivity contribution in [3.05, 3.63) is 63.7 Å². The maximum Gasteiger partial charge on any atom is 0.501 e. The van der Waals surface area contributed by atoms with Gasteiger partial charge in [-0.3, -0.25) is 10.1 Å². The summed E-state index contributed by atoms with van der Waals surface area (Å²) in [7, 11) is -4.03. The summed E-state index contributed by atoms with van der Waals surface area (Å²) in [5.74, 6) is -0.290. The molecule has 2 heterocycles. The number of para-hydroxylation sites is 1. The van der Waals surface area contributed by atoms with Crippen LogP contribution >= 0.6 is 0 Å². The Kier molecular flexibility index (Phi) is 4.25. The summed E-state index contributed by atoms with van der Waals surface area (Å²) in [6.07, 6.45) is 2.95. The minimum absolute atomic E-state index is 0.122. The first-order chi connectivity index (χ1) is 14.2. The van der Waals surface area contributed by atoms with Gasteiger partial charge in [-0.05, 0) is 43.7 Å². The van der Waals surface area contributed by atoms with Crippen LogP contribution < -0.4 is 9.64 Å². The van der Waals surface area contributed by atoms with E-state index in [-0.39, 0.29) is 11.3 Å². The first kappa shape index (κ1) is 21.2. The fourth-order valence-corrected chi connectivity index (χ4v) is 5.08. The fraction of sp³-hybridized carbons (Fsp3) is 0.300. The lowest BCUT2D eigenvalue weighted by Gasteiger charge is -2.45. The Balaban J connectivity index is 1.93. The average molecular weight is 454 g/mol. The van der Waals surface area contributed by atoms with Crippen molar-refractivity contribution in [1.82, 2.24) is 0 Å². The third-order valence-corrected chi connectivity index (χ3v) is 7.43. The Hall–Kier alpha value is -3.08. The highest BCUT2D eigenvalue weighted by atomic mass is 32.2. The number of sulfone groups is 1. The van der Waals surface area contributed by atoms with Gasteiger partial charge in [0.05, 0.1) is 15.2 Å². The largest absolute Gasteiger partial charge is 0.501 e. The van der Waals surface area contributed by atoms with Gasteiger partial charge in [0.1, 0.15) is 0 Å². The number of likely N-dealkylation sites (N-methyl/N-ethyl adjacent to an activating group) is 1. The van der Waals surface area contributed by atoms with Crippen LogP contribution in [-0.4, -0.2) is 31.6 Å². The number of alkyl halides is 3. The second kappa shape index (κ2) is 6.22. The molecule has 4 rings (SSSR count). The summed E-state index contributed by atoms with van der Waals surface area (Å²) >= 11 is 0. The van der Waals surface area contributed by atoms with Crippen molar-refractivity contribution >= 4 is 27.3 Å². The highest BCUT2D eigenvalue weighted by Gasteiger charge is 2.58. The average Bonchev–Trinajstić information content (AvgIpc) is 2.85. The SMILES string of the molecule is CN1c2ccccc2C(C)(C)C12C=Cc1cc(S(=O)(=O)C(F)(F)F)cc([N+](=O)[O-])c1O2. The van der Waals surface area contributed by atoms with E-state index in [1.165, 1.54) is 6.08 Å². The van der Waals surface area contributed by atoms with Crippen LogP contribution in [0, 0.1) is 10.1 Å². The van der Waals surface area contributed by atoms with E-state index in [9.17, 15) is 31.7 Å². The predicted octanol–water partition coefficient (Wildman–Crippen LogP) is 4.42. The minimum Gasteiger partial charge on any atom is -0.456 e. The zero-order chi connectivity index (χ0) is 23.0. The van der Waals surface area contributed by atoms with E-state index in [4.69, 9.17) is 4.74 Å². The monoisotopic (exact) mass is 454 g/mol. The first-order valence-electron chi connectivity index (χ1n) is 9.09. The van der Waals surface area contributed by atoms with Crippen LogP contribution in [0.5, 0.6) is 5.75 Å². The van der Waals surface area contributed by atoms with Crippen LogP contribution in [0.25, 0.3) is 6.08 Å². The standard InChI is InChI=1S/C20H17F3N2O5S/c1-18(2)14-6-4-5-7-15(14)24(3)19(18)9-8-12-10-13(31(28,29)20(21,22)23)11-16(25(26)27)17(12)30-19/h4-11H,1-3H3. The summed E-state index contributed by atoms with van der Waals surface area (Å²) in [4.78, 5) is 11.3. The second-order valence-corrected chi connectivity index (χ2v) is 9.84. The number of anilines is 1. The van der Waals surface area contributed by atoms with Gasteiger partial charge in [0.2, 0.25) is 11.5 Å². The van der Waals surface area contributed by atoms with Crippen molar-refractivity contribution in [1.29, 1.82) is 0 Å². The van der Waals surface area contributed by atoms with Crippen molar-refractivity contribution in [3.63, 3.8) is 0 Å². The van der Waals surface area contributed by atoms with Gasteiger partial charge >= 0.3 is 11.2 Å². The number of benzene rings is 2. The Labute approximate surface area is 175 Å². The maximum atomic E-state index is 13.0. The van der Waals surface area contributed by atoms with E-state index in [0.29, 0.717) is 6.07 Å². The van der Waals surface area contributed by atoms with Crippen molar-refractivity contribution in [2.45, 2.75) is 35.4 Å². The number of nitrogens with zero attached hydrogens (tertiary/aromatic N) is 2. The van der Waals surface area contributed by atoms with Gasteiger partial charge in [-0.25, -0.2) is 8.42 Å². The topological polar surface area (TPSA) is 89.8 Å². The molecule has 0 aliphatic carbocycles. The van der Waals surface area contributed by atoms with Gasteiger partial charge in [-0.1, -0.05) is 18.2 Å². The van der Waals surface area contributed by atoms with Gasteiger partial charge in [-0.2, -0.15) is 13.2 Å². The van der Waals surface area contributed by atoms with E-state index < -0.39 is 42.0 Å². The Bertz CT molecular complexity index is 1250. The third-order valence-electron chi connectivity index (χ3n) is 5.96. The van der Waals surface area contributed by atoms with Gasteiger partial charge in [0.25, 0.3) is 9.84 Å². The molecule has 0 amide bonds. The highest BCUT2D eigenvalue weighted by Crippen LogP contribution is 2.55. The number of ether oxygens (including phenoxy) is 1. The molecule has 31 heavy (non-hydrogen) atoms. The van der Waals surface area contributed by atoms with Crippen LogP contribution in [0.4, 0.5) is 24.5 Å². The quantitative estimate of drug-likeness (QED) is 0.493. The molecule has 1 atom stereocenters. The number of nitro groups is 1. The Morgan fingerprint density at radius 3 is 2.39 bits per heavy atom. The Morgan fingerprint density at radius 2 is 1.81 bits per heavy atom. The summed E-state index contributed by atoms with van der Waals surface area (Å²) in [5, 5.41) is 11.7. The van der Waals surface area contributed by atoms with E-state index in [1.807, 2.05) is 38.1 Å². The highest BCUT2D eigenvalue weighted by molar-refractivity contribution is 7.92. The molecule has 2 aliphatic rings. The van der Waals surface area contributed by atoms with E-state index in [2.05, 4.69) is 0 Å². The molecule has 0 fully saturated rings. The van der Waals surface area contributed by atoms with Crippen molar-refractivity contribution < 1.29 is 31.2 Å². The molecule has 0 bridgehead atoms.